The summed E-state index contributed by atoms with van der Waals surface area (Å²) in [6.45, 7) is 19.3. The summed E-state index contributed by atoms with van der Waals surface area (Å²) in [5.74, 6) is 0. The molecule has 99 heavy (non-hydrogen) atoms. The van der Waals surface area contributed by atoms with Crippen molar-refractivity contribution in [2.24, 2.45) is 0 Å². The van der Waals surface area contributed by atoms with Crippen LogP contribution in [0.4, 0.5) is 39.8 Å². The van der Waals surface area contributed by atoms with E-state index in [2.05, 4.69) is 264 Å². The zero-order valence-electron chi connectivity index (χ0n) is 53.9. The minimum atomic E-state index is 0.172. The number of allylic oxidation sites excluding steroid dienone is 3. The molecular weight excluding hydrogens is 1210 g/mol. The number of para-hydroxylation sites is 6. The molecule has 0 N–H and O–H groups in total. The van der Waals surface area contributed by atoms with E-state index in [0.29, 0.717) is 34.0 Å². The minimum absolute atomic E-state index is 0.172. The number of hydrogen-bond acceptors (Lipinski definition) is 4. The lowest BCUT2D eigenvalue weighted by Crippen LogP contribution is -2.11. The Balaban J connectivity index is 0.000000156. The van der Waals surface area contributed by atoms with Gasteiger partial charge < -0.3 is 23.5 Å². The highest BCUT2D eigenvalue weighted by Crippen LogP contribution is 2.49. The summed E-state index contributed by atoms with van der Waals surface area (Å²) in [7, 11) is 0. The molecule has 0 bridgehead atoms. The van der Waals surface area contributed by atoms with Crippen LogP contribution in [0.3, 0.4) is 0 Å². The Kier molecular flexibility index (Phi) is 15.6. The quantitative estimate of drug-likeness (QED) is 0.0902. The largest absolute Gasteiger partial charge is 0.323 e. The van der Waals surface area contributed by atoms with Gasteiger partial charge in [-0.15, -0.1) is 0 Å². The number of hydrogen-bond donors (Lipinski definition) is 0. The summed E-state index contributed by atoms with van der Waals surface area (Å²) in [5.41, 5.74) is 17.4. The van der Waals surface area contributed by atoms with E-state index in [1.54, 1.807) is 0 Å². The fourth-order valence-corrected chi connectivity index (χ4v) is 14.5. The molecule has 0 atom stereocenters. The Labute approximate surface area is 572 Å². The molecule has 0 saturated carbocycles. The van der Waals surface area contributed by atoms with E-state index in [4.69, 9.17) is 13.1 Å². The zero-order valence-corrected chi connectivity index (χ0v) is 53.9. The molecule has 0 aliphatic rings. The molecule has 0 aliphatic carbocycles. The van der Waals surface area contributed by atoms with Crippen molar-refractivity contribution in [3.63, 3.8) is 0 Å². The molecule has 0 saturated heterocycles. The topological polar surface area (TPSA) is 77.6 Å². The molecular formula is C90H59N9. The number of nitrogens with zero attached hydrogens (tertiary/aromatic N) is 9. The normalized spacial score (nSPS) is 11.7. The van der Waals surface area contributed by atoms with Crippen molar-refractivity contribution in [1.29, 1.82) is 10.5 Å². The molecule has 0 radical (unpaired) electrons. The molecule has 0 spiro atoms. The van der Waals surface area contributed by atoms with Gasteiger partial charge >= 0.3 is 0 Å². The lowest BCUT2D eigenvalue weighted by atomic mass is 10.0. The predicted molar refractivity (Wildman–Crippen MR) is 410 cm³/mol. The van der Waals surface area contributed by atoms with Gasteiger partial charge in [-0.05, 0) is 155 Å². The lowest BCUT2D eigenvalue weighted by molar-refractivity contribution is 1.15. The number of rotatable bonds is 12. The van der Waals surface area contributed by atoms with Gasteiger partial charge in [0.05, 0.1) is 87.4 Å². The summed E-state index contributed by atoms with van der Waals surface area (Å²) in [5, 5.41) is 31.5. The van der Waals surface area contributed by atoms with Gasteiger partial charge in [0, 0.05) is 66.5 Å². The van der Waals surface area contributed by atoms with Crippen molar-refractivity contribution in [1.82, 2.24) is 13.7 Å². The first-order valence-corrected chi connectivity index (χ1v) is 32.8. The van der Waals surface area contributed by atoms with E-state index < -0.39 is 0 Å². The predicted octanol–water partition coefficient (Wildman–Crippen LogP) is 24.6. The number of aromatic nitrogens is 3. The number of fused-ring (bicyclic) bond motifs is 13. The van der Waals surface area contributed by atoms with Crippen LogP contribution < -0.4 is 9.80 Å². The summed E-state index contributed by atoms with van der Waals surface area (Å²) < 4.78 is 6.55. The van der Waals surface area contributed by atoms with Crippen LogP contribution in [0.1, 0.15) is 18.9 Å². The highest BCUT2D eigenvalue weighted by molar-refractivity contribution is 6.24. The van der Waals surface area contributed by atoms with Gasteiger partial charge in [0.2, 0.25) is 11.4 Å². The van der Waals surface area contributed by atoms with E-state index in [9.17, 15) is 10.5 Å². The van der Waals surface area contributed by atoms with Crippen LogP contribution in [0.5, 0.6) is 0 Å². The molecule has 17 rings (SSSR count). The Morgan fingerprint density at radius 3 is 1.41 bits per heavy atom. The molecule has 464 valence electrons. The van der Waals surface area contributed by atoms with E-state index in [-0.39, 0.29) is 6.42 Å². The average molecular weight is 1270 g/mol. The van der Waals surface area contributed by atoms with Gasteiger partial charge in [-0.1, -0.05) is 212 Å². The van der Waals surface area contributed by atoms with Gasteiger partial charge in [0.1, 0.15) is 0 Å². The molecule has 0 fully saturated rings. The second-order valence-electron chi connectivity index (χ2n) is 24.3. The first-order valence-electron chi connectivity index (χ1n) is 32.8. The van der Waals surface area contributed by atoms with E-state index in [1.807, 2.05) is 116 Å². The van der Waals surface area contributed by atoms with Crippen molar-refractivity contribution in [2.75, 3.05) is 9.80 Å². The third-order valence-corrected chi connectivity index (χ3v) is 18.7. The van der Waals surface area contributed by atoms with Crippen LogP contribution in [-0.2, 0) is 0 Å². The van der Waals surface area contributed by atoms with Crippen LogP contribution in [0.2, 0.25) is 0 Å². The maximum absolute atomic E-state index is 10.5. The third-order valence-electron chi connectivity index (χ3n) is 18.7. The minimum Gasteiger partial charge on any atom is -0.323 e. The highest BCUT2D eigenvalue weighted by atomic mass is 15.2. The lowest BCUT2D eigenvalue weighted by Gasteiger charge is -2.28. The van der Waals surface area contributed by atoms with Gasteiger partial charge in [0.15, 0.2) is 0 Å². The Morgan fingerprint density at radius 2 is 0.869 bits per heavy atom. The van der Waals surface area contributed by atoms with Gasteiger partial charge in [-0.25, -0.2) is 9.69 Å². The van der Waals surface area contributed by atoms with Crippen LogP contribution in [0, 0.1) is 35.8 Å². The first kappa shape index (κ1) is 60.0. The second-order valence-corrected chi connectivity index (χ2v) is 24.3. The third kappa shape index (κ3) is 10.5. The van der Waals surface area contributed by atoms with Crippen LogP contribution >= 0.6 is 0 Å². The smallest absolute Gasteiger partial charge is 0.234 e. The van der Waals surface area contributed by atoms with Gasteiger partial charge in [-0.3, -0.25) is 0 Å². The fourth-order valence-electron chi connectivity index (χ4n) is 14.5. The molecule has 9 heteroatoms. The standard InChI is InChI=1S/C48H31N5.C42H28N4/c1-50-48-45(52(38-21-10-4-11-22-38)39-23-12-5-13-24-39)30-34(33-49)31-46(48)53-43-29-27-40(51(36-17-6-2-7-18-36)37-19-8-3-9-20-37)32-42(43)47-41-25-15-14-16-35(41)26-28-44(47)53;1-28(45-36-19-10-8-17-33(36)34-18-9-11-20-37(34)45)42(44-2)40(21-12-26-43)46-38-24-23-31(29-13-4-3-5-14-29)27-35(38)41-32-16-7-6-15-30(32)22-25-39(41)46/h2-32H;3-11,13-25,27H,12H2,1H3/b;40-21+,42-28-. The van der Waals surface area contributed by atoms with Gasteiger partial charge in [-0.2, -0.15) is 10.5 Å². The molecule has 3 heterocycles. The SMILES string of the molecule is [C-]#[N+]C(=C(/C)n1c2ccccc2c2ccccc21)/C(=C\CC#N)n1c2ccc(-c3ccccc3)cc2c2c3ccccc3ccc21.[C-]#[N+]c1c(N(c2ccccc2)c2ccccc2)cc(C#N)cc1-n1c2ccc(N(c3ccccc3)c3ccccc3)cc2c2c3ccccc3ccc21. The molecule has 0 aliphatic heterocycles. The Bertz CT molecular complexity index is 6120. The molecule has 17 aromatic rings. The van der Waals surface area contributed by atoms with Gasteiger partial charge in [0.25, 0.3) is 0 Å². The summed E-state index contributed by atoms with van der Waals surface area (Å²) in [4.78, 5) is 12.8. The molecule has 0 amide bonds. The van der Waals surface area contributed by atoms with E-state index in [0.717, 1.165) is 132 Å². The number of anilines is 6. The van der Waals surface area contributed by atoms with Crippen LogP contribution in [0.25, 0.3) is 125 Å². The van der Waals surface area contributed by atoms with E-state index >= 15 is 0 Å². The molecule has 3 aromatic heterocycles. The van der Waals surface area contributed by atoms with Crippen molar-refractivity contribution in [3.8, 4) is 29.0 Å². The second kappa shape index (κ2) is 25.7. The van der Waals surface area contributed by atoms with Crippen LogP contribution in [0.15, 0.2) is 333 Å². The molecule has 9 nitrogen and oxygen atoms in total. The summed E-state index contributed by atoms with van der Waals surface area (Å²) in [6.07, 6.45) is 2.08. The summed E-state index contributed by atoms with van der Waals surface area (Å²) >= 11 is 0. The van der Waals surface area contributed by atoms with Crippen molar-refractivity contribution in [3.05, 3.63) is 362 Å². The Morgan fingerprint density at radius 1 is 0.404 bits per heavy atom. The van der Waals surface area contributed by atoms with Crippen molar-refractivity contribution in [2.45, 2.75) is 13.3 Å². The zero-order chi connectivity index (χ0) is 66.9. The van der Waals surface area contributed by atoms with E-state index in [1.165, 1.54) is 0 Å². The summed E-state index contributed by atoms with van der Waals surface area (Å²) in [6, 6.07) is 115. The molecule has 0 unspecified atom stereocenters. The number of nitriles is 2. The first-order chi connectivity index (χ1) is 48.9. The monoisotopic (exact) mass is 1270 g/mol. The van der Waals surface area contributed by atoms with Crippen molar-refractivity contribution < 1.29 is 0 Å². The maximum Gasteiger partial charge on any atom is 0.234 e. The highest BCUT2D eigenvalue weighted by Gasteiger charge is 2.27. The Hall–Kier alpha value is -14.0. The van der Waals surface area contributed by atoms with Crippen molar-refractivity contribution >= 4 is 138 Å². The maximum atomic E-state index is 10.5. The number of benzene rings is 14. The van der Waals surface area contributed by atoms with Crippen LogP contribution in [-0.4, -0.2) is 13.7 Å². The fraction of sp³-hybridized carbons (Fsp3) is 0.0222. The average Bonchev–Trinajstić information content (AvgIpc) is 1.58. The molecule has 14 aromatic carbocycles.